The number of rotatable bonds is 3. The second kappa shape index (κ2) is 5.97. The molecule has 1 aliphatic rings. The van der Waals surface area contributed by atoms with Crippen LogP contribution < -0.4 is 0 Å². The molecule has 4 heteroatoms. The van der Waals surface area contributed by atoms with Gasteiger partial charge in [-0.25, -0.2) is 0 Å². The van der Waals surface area contributed by atoms with E-state index in [1.807, 2.05) is 24.3 Å². The Hall–Kier alpha value is -2.46. The molecule has 2 amide bonds. The maximum absolute atomic E-state index is 12.8. The lowest BCUT2D eigenvalue weighted by Gasteiger charge is -2.28. The Morgan fingerprint density at radius 2 is 1.65 bits per heavy atom. The molecule has 0 aliphatic carbocycles. The predicted molar refractivity (Wildman–Crippen MR) is 86.6 cm³/mol. The molecule has 2 aromatic carbocycles. The molecule has 2 atom stereocenters. The first-order valence-corrected chi connectivity index (χ1v) is 7.68. The summed E-state index contributed by atoms with van der Waals surface area (Å²) in [6.07, 6.45) is -0.481. The van der Waals surface area contributed by atoms with Crippen LogP contribution in [0.3, 0.4) is 0 Å². The molecule has 1 saturated heterocycles. The summed E-state index contributed by atoms with van der Waals surface area (Å²) in [6.45, 7) is 2.05. The van der Waals surface area contributed by atoms with Gasteiger partial charge < -0.3 is 5.11 Å². The van der Waals surface area contributed by atoms with Gasteiger partial charge in [0, 0.05) is 12.1 Å². The molecule has 1 aliphatic heterocycles. The Morgan fingerprint density at radius 3 is 2.26 bits per heavy atom. The molecule has 0 spiro atoms. The normalized spacial score (nSPS) is 22.2. The number of benzene rings is 2. The lowest BCUT2D eigenvalue weighted by atomic mass is 9.79. The van der Waals surface area contributed by atoms with E-state index in [2.05, 4.69) is 0 Å². The van der Waals surface area contributed by atoms with E-state index in [-0.39, 0.29) is 11.8 Å². The molecule has 3 rings (SSSR count). The second-order valence-electron chi connectivity index (χ2n) is 6.11. The molecule has 0 bridgehead atoms. The molecule has 1 N–H and O–H groups in total. The van der Waals surface area contributed by atoms with Gasteiger partial charge in [-0.15, -0.1) is 0 Å². The number of carbonyl (C=O) groups excluding carboxylic acids is 2. The third-order valence-corrected chi connectivity index (χ3v) is 4.57. The van der Waals surface area contributed by atoms with Crippen molar-refractivity contribution in [3.63, 3.8) is 0 Å². The SMILES string of the molecule is C[C@]1([C@@H](O)c2ccccc2)CCN(C(=O)c2ccccc2)C1=O. The number of hydrogen-bond donors (Lipinski definition) is 1. The molecular formula is C19H19NO3. The fraction of sp³-hybridized carbons (Fsp3) is 0.263. The number of hydrogen-bond acceptors (Lipinski definition) is 3. The summed E-state index contributed by atoms with van der Waals surface area (Å²) in [5, 5.41) is 10.7. The van der Waals surface area contributed by atoms with Crippen LogP contribution in [0.25, 0.3) is 0 Å². The maximum atomic E-state index is 12.8. The van der Waals surface area contributed by atoms with Crippen LogP contribution in [0, 0.1) is 5.41 Å². The number of amides is 2. The zero-order valence-electron chi connectivity index (χ0n) is 13.0. The Bertz CT molecular complexity index is 714. The summed E-state index contributed by atoms with van der Waals surface area (Å²) in [7, 11) is 0. The summed E-state index contributed by atoms with van der Waals surface area (Å²) >= 11 is 0. The van der Waals surface area contributed by atoms with Crippen molar-refractivity contribution >= 4 is 11.8 Å². The van der Waals surface area contributed by atoms with E-state index >= 15 is 0 Å². The van der Waals surface area contributed by atoms with Crippen LogP contribution in [-0.4, -0.2) is 28.4 Å². The summed E-state index contributed by atoms with van der Waals surface area (Å²) in [5.74, 6) is -0.623. The lowest BCUT2D eigenvalue weighted by molar-refractivity contribution is -0.138. The maximum Gasteiger partial charge on any atom is 0.260 e. The van der Waals surface area contributed by atoms with E-state index in [1.165, 1.54) is 4.90 Å². The van der Waals surface area contributed by atoms with Crippen molar-refractivity contribution < 1.29 is 14.7 Å². The van der Waals surface area contributed by atoms with E-state index in [0.29, 0.717) is 24.1 Å². The number of aliphatic hydroxyl groups is 1. The fourth-order valence-corrected chi connectivity index (χ4v) is 3.05. The highest BCUT2D eigenvalue weighted by molar-refractivity contribution is 6.07. The van der Waals surface area contributed by atoms with Crippen LogP contribution in [0.15, 0.2) is 60.7 Å². The van der Waals surface area contributed by atoms with Gasteiger partial charge in [0.05, 0.1) is 11.5 Å². The molecular weight excluding hydrogens is 290 g/mol. The van der Waals surface area contributed by atoms with Crippen molar-refractivity contribution in [1.82, 2.24) is 4.90 Å². The number of likely N-dealkylation sites (tertiary alicyclic amines) is 1. The van der Waals surface area contributed by atoms with Crippen LogP contribution in [0.4, 0.5) is 0 Å². The third-order valence-electron chi connectivity index (χ3n) is 4.57. The second-order valence-corrected chi connectivity index (χ2v) is 6.11. The fourth-order valence-electron chi connectivity index (χ4n) is 3.05. The van der Waals surface area contributed by atoms with Crippen molar-refractivity contribution in [3.8, 4) is 0 Å². The van der Waals surface area contributed by atoms with Gasteiger partial charge in [-0.1, -0.05) is 48.5 Å². The van der Waals surface area contributed by atoms with Crippen LogP contribution >= 0.6 is 0 Å². The highest BCUT2D eigenvalue weighted by atomic mass is 16.3. The Kier molecular flexibility index (Phi) is 4.01. The van der Waals surface area contributed by atoms with E-state index in [0.717, 1.165) is 0 Å². The monoisotopic (exact) mass is 309 g/mol. The van der Waals surface area contributed by atoms with Crippen molar-refractivity contribution in [2.45, 2.75) is 19.4 Å². The summed E-state index contributed by atoms with van der Waals surface area (Å²) in [6, 6.07) is 17.9. The molecule has 0 unspecified atom stereocenters. The number of carbonyl (C=O) groups is 2. The minimum atomic E-state index is -0.980. The van der Waals surface area contributed by atoms with E-state index in [1.54, 1.807) is 43.3 Å². The molecule has 23 heavy (non-hydrogen) atoms. The Labute approximate surface area is 135 Å². The number of aliphatic hydroxyl groups excluding tert-OH is 1. The van der Waals surface area contributed by atoms with E-state index < -0.39 is 11.5 Å². The van der Waals surface area contributed by atoms with Crippen LogP contribution in [0.5, 0.6) is 0 Å². The summed E-state index contributed by atoms with van der Waals surface area (Å²) in [4.78, 5) is 26.6. The predicted octanol–water partition coefficient (Wildman–Crippen LogP) is 2.80. The quantitative estimate of drug-likeness (QED) is 0.887. The molecule has 4 nitrogen and oxygen atoms in total. The molecule has 118 valence electrons. The van der Waals surface area contributed by atoms with Crippen molar-refractivity contribution in [1.29, 1.82) is 0 Å². The zero-order chi connectivity index (χ0) is 16.4. The smallest absolute Gasteiger partial charge is 0.260 e. The number of imide groups is 1. The Balaban J connectivity index is 1.85. The van der Waals surface area contributed by atoms with Gasteiger partial charge in [-0.2, -0.15) is 0 Å². The van der Waals surface area contributed by atoms with Gasteiger partial charge in [0.15, 0.2) is 0 Å². The standard InChI is InChI=1S/C19H19NO3/c1-19(16(21)14-8-4-2-5-9-14)12-13-20(18(19)23)17(22)15-10-6-3-7-11-15/h2-11,16,21H,12-13H2,1H3/t16-,19+/m0/s1. The minimum Gasteiger partial charge on any atom is -0.387 e. The zero-order valence-corrected chi connectivity index (χ0v) is 13.0. The average molecular weight is 309 g/mol. The topological polar surface area (TPSA) is 57.6 Å². The van der Waals surface area contributed by atoms with Crippen molar-refractivity contribution in [2.75, 3.05) is 6.54 Å². The first-order chi connectivity index (χ1) is 11.0. The third kappa shape index (κ3) is 2.66. The average Bonchev–Trinajstić information content (AvgIpc) is 2.91. The minimum absolute atomic E-state index is 0.306. The summed E-state index contributed by atoms with van der Waals surface area (Å²) in [5.41, 5.74) is 0.197. The molecule has 0 radical (unpaired) electrons. The molecule has 0 aromatic heterocycles. The van der Waals surface area contributed by atoms with Crippen molar-refractivity contribution in [3.05, 3.63) is 71.8 Å². The van der Waals surface area contributed by atoms with E-state index in [9.17, 15) is 14.7 Å². The van der Waals surface area contributed by atoms with Crippen LogP contribution in [0.2, 0.25) is 0 Å². The number of nitrogens with zero attached hydrogens (tertiary/aromatic N) is 1. The largest absolute Gasteiger partial charge is 0.387 e. The lowest BCUT2D eigenvalue weighted by Crippen LogP contribution is -2.40. The van der Waals surface area contributed by atoms with Crippen molar-refractivity contribution in [2.24, 2.45) is 5.41 Å². The Morgan fingerprint density at radius 1 is 1.09 bits per heavy atom. The summed E-state index contributed by atoms with van der Waals surface area (Å²) < 4.78 is 0. The van der Waals surface area contributed by atoms with Gasteiger partial charge in [0.1, 0.15) is 0 Å². The van der Waals surface area contributed by atoms with E-state index in [4.69, 9.17) is 0 Å². The van der Waals surface area contributed by atoms with Gasteiger partial charge in [0.25, 0.3) is 5.91 Å². The van der Waals surface area contributed by atoms with Gasteiger partial charge in [-0.3, -0.25) is 14.5 Å². The molecule has 0 saturated carbocycles. The molecule has 2 aromatic rings. The van der Waals surface area contributed by atoms with Crippen LogP contribution in [0.1, 0.15) is 35.4 Å². The molecule has 1 heterocycles. The first-order valence-electron chi connectivity index (χ1n) is 7.68. The van der Waals surface area contributed by atoms with Gasteiger partial charge >= 0.3 is 0 Å². The molecule has 1 fully saturated rings. The van der Waals surface area contributed by atoms with Gasteiger partial charge in [0.2, 0.25) is 5.91 Å². The highest BCUT2D eigenvalue weighted by Gasteiger charge is 2.50. The first kappa shape index (κ1) is 15.4. The van der Waals surface area contributed by atoms with Gasteiger partial charge in [-0.05, 0) is 31.0 Å². The van der Waals surface area contributed by atoms with Crippen LogP contribution in [-0.2, 0) is 4.79 Å². The highest BCUT2D eigenvalue weighted by Crippen LogP contribution is 2.43.